The van der Waals surface area contributed by atoms with E-state index in [1.807, 2.05) is 0 Å². The number of hydrogen-bond acceptors (Lipinski definition) is 1. The highest BCUT2D eigenvalue weighted by Crippen LogP contribution is 2.32. The van der Waals surface area contributed by atoms with Crippen LogP contribution in [0.1, 0.15) is 46.5 Å². The summed E-state index contributed by atoms with van der Waals surface area (Å²) in [6, 6.07) is 0. The lowest BCUT2D eigenvalue weighted by Gasteiger charge is -2.14. The molecular weight excluding hydrogens is 148 g/mol. The number of carbonyl (C=O) groups is 1. The van der Waals surface area contributed by atoms with Crippen molar-refractivity contribution in [1.82, 2.24) is 0 Å². The van der Waals surface area contributed by atoms with Gasteiger partial charge in [0.05, 0.1) is 0 Å². The first-order valence-corrected chi connectivity index (χ1v) is 5.14. The van der Waals surface area contributed by atoms with Gasteiger partial charge < -0.3 is 0 Å². The largest absolute Gasteiger partial charge is 0.299 e. The van der Waals surface area contributed by atoms with Gasteiger partial charge in [0.2, 0.25) is 0 Å². The average molecular weight is 168 g/mol. The van der Waals surface area contributed by atoms with Crippen LogP contribution in [-0.2, 0) is 4.79 Å². The summed E-state index contributed by atoms with van der Waals surface area (Å²) in [6.07, 6.45) is 4.52. The van der Waals surface area contributed by atoms with Crippen LogP contribution in [0.2, 0.25) is 0 Å². The van der Waals surface area contributed by atoms with Crippen LogP contribution in [0.3, 0.4) is 0 Å². The first-order chi connectivity index (χ1) is 5.61. The van der Waals surface area contributed by atoms with Gasteiger partial charge in [-0.15, -0.1) is 0 Å². The zero-order valence-electron chi connectivity index (χ0n) is 8.47. The highest BCUT2D eigenvalue weighted by Gasteiger charge is 2.30. The molecule has 1 aliphatic rings. The van der Waals surface area contributed by atoms with E-state index in [9.17, 15) is 4.79 Å². The minimum atomic E-state index is 0.351. The lowest BCUT2D eigenvalue weighted by Crippen LogP contribution is -2.10. The molecule has 12 heavy (non-hydrogen) atoms. The molecule has 1 heteroatoms. The maximum atomic E-state index is 11.2. The minimum Gasteiger partial charge on any atom is -0.299 e. The second kappa shape index (κ2) is 4.06. The van der Waals surface area contributed by atoms with Gasteiger partial charge in [-0.05, 0) is 24.7 Å². The fraction of sp³-hybridized carbons (Fsp3) is 0.909. The Morgan fingerprint density at radius 3 is 2.58 bits per heavy atom. The number of rotatable bonds is 3. The smallest absolute Gasteiger partial charge is 0.135 e. The van der Waals surface area contributed by atoms with Gasteiger partial charge in [-0.2, -0.15) is 0 Å². The van der Waals surface area contributed by atoms with Crippen LogP contribution in [-0.4, -0.2) is 5.78 Å². The van der Waals surface area contributed by atoms with E-state index in [0.717, 1.165) is 18.8 Å². The molecule has 2 unspecified atom stereocenters. The number of ketones is 1. The molecule has 0 spiro atoms. The van der Waals surface area contributed by atoms with E-state index in [-0.39, 0.29) is 0 Å². The zero-order valence-corrected chi connectivity index (χ0v) is 8.47. The zero-order chi connectivity index (χ0) is 9.14. The average Bonchev–Trinajstić information content (AvgIpc) is 2.30. The molecule has 0 heterocycles. The number of Topliss-reactive ketones (excluding diaryl/α,β-unsaturated/α-hetero) is 1. The van der Waals surface area contributed by atoms with E-state index in [1.54, 1.807) is 0 Å². The summed E-state index contributed by atoms with van der Waals surface area (Å²) in [5.41, 5.74) is 0. The maximum Gasteiger partial charge on any atom is 0.135 e. The quantitative estimate of drug-likeness (QED) is 0.633. The van der Waals surface area contributed by atoms with E-state index in [4.69, 9.17) is 0 Å². The van der Waals surface area contributed by atoms with Crippen molar-refractivity contribution in [2.45, 2.75) is 46.5 Å². The molecule has 1 nitrogen and oxygen atoms in total. The van der Waals surface area contributed by atoms with Gasteiger partial charge in [0.1, 0.15) is 5.78 Å². The van der Waals surface area contributed by atoms with E-state index < -0.39 is 0 Å². The van der Waals surface area contributed by atoms with Gasteiger partial charge >= 0.3 is 0 Å². The predicted molar refractivity (Wildman–Crippen MR) is 51.0 cm³/mol. The summed E-state index contributed by atoms with van der Waals surface area (Å²) in [6.45, 7) is 6.60. The number of hydrogen-bond donors (Lipinski definition) is 0. The van der Waals surface area contributed by atoms with Gasteiger partial charge in [0, 0.05) is 12.3 Å². The molecule has 70 valence electrons. The Bertz CT molecular complexity index is 160. The summed E-state index contributed by atoms with van der Waals surface area (Å²) in [5, 5.41) is 0. The normalized spacial score (nSPS) is 30.2. The van der Waals surface area contributed by atoms with E-state index in [2.05, 4.69) is 20.8 Å². The van der Waals surface area contributed by atoms with Gasteiger partial charge in [0.25, 0.3) is 0 Å². The first-order valence-electron chi connectivity index (χ1n) is 5.14. The third-order valence-corrected chi connectivity index (χ3v) is 3.09. The van der Waals surface area contributed by atoms with Crippen LogP contribution < -0.4 is 0 Å². The molecule has 0 saturated heterocycles. The van der Waals surface area contributed by atoms with Crippen molar-refractivity contribution in [3.8, 4) is 0 Å². The summed E-state index contributed by atoms with van der Waals surface area (Å²) in [4.78, 5) is 11.2. The van der Waals surface area contributed by atoms with Gasteiger partial charge in [-0.25, -0.2) is 0 Å². The van der Waals surface area contributed by atoms with Crippen molar-refractivity contribution in [1.29, 1.82) is 0 Å². The fourth-order valence-electron chi connectivity index (χ4n) is 2.01. The molecule has 0 aliphatic heterocycles. The molecule has 0 amide bonds. The van der Waals surface area contributed by atoms with Crippen LogP contribution in [0.4, 0.5) is 0 Å². The van der Waals surface area contributed by atoms with E-state index in [0.29, 0.717) is 17.6 Å². The topological polar surface area (TPSA) is 17.1 Å². The molecule has 0 bridgehead atoms. The summed E-state index contributed by atoms with van der Waals surface area (Å²) >= 11 is 0. The summed E-state index contributed by atoms with van der Waals surface area (Å²) < 4.78 is 0. The molecule has 0 N–H and O–H groups in total. The minimum absolute atomic E-state index is 0.351. The van der Waals surface area contributed by atoms with Crippen molar-refractivity contribution in [2.24, 2.45) is 17.8 Å². The lowest BCUT2D eigenvalue weighted by atomic mass is 9.90. The Morgan fingerprint density at radius 1 is 1.50 bits per heavy atom. The molecule has 1 aliphatic carbocycles. The van der Waals surface area contributed by atoms with Crippen molar-refractivity contribution < 1.29 is 4.79 Å². The Hall–Kier alpha value is -0.330. The Morgan fingerprint density at radius 2 is 2.17 bits per heavy atom. The van der Waals surface area contributed by atoms with Crippen LogP contribution in [0.5, 0.6) is 0 Å². The van der Waals surface area contributed by atoms with Crippen LogP contribution in [0.25, 0.3) is 0 Å². The van der Waals surface area contributed by atoms with Gasteiger partial charge in [-0.3, -0.25) is 4.79 Å². The van der Waals surface area contributed by atoms with Crippen LogP contribution in [0.15, 0.2) is 0 Å². The number of carbonyl (C=O) groups excluding carboxylic acids is 1. The molecule has 0 radical (unpaired) electrons. The van der Waals surface area contributed by atoms with Crippen molar-refractivity contribution in [3.63, 3.8) is 0 Å². The molecule has 1 rings (SSSR count). The molecule has 0 aromatic heterocycles. The molecular formula is C11H20O. The third kappa shape index (κ3) is 2.33. The predicted octanol–water partition coefficient (Wildman–Crippen LogP) is 3.04. The van der Waals surface area contributed by atoms with Gasteiger partial charge in [0.15, 0.2) is 0 Å². The van der Waals surface area contributed by atoms with Gasteiger partial charge in [-0.1, -0.05) is 27.2 Å². The third-order valence-electron chi connectivity index (χ3n) is 3.09. The second-order valence-electron chi connectivity index (χ2n) is 4.52. The Kier molecular flexibility index (Phi) is 3.30. The lowest BCUT2D eigenvalue weighted by molar-refractivity contribution is -0.120. The Labute approximate surface area is 75.5 Å². The van der Waals surface area contributed by atoms with E-state index >= 15 is 0 Å². The fourth-order valence-corrected chi connectivity index (χ4v) is 2.01. The SMILES string of the molecule is CC(C)CCC1CCC(=O)C1C. The second-order valence-corrected chi connectivity index (χ2v) is 4.52. The maximum absolute atomic E-state index is 11.2. The molecule has 1 saturated carbocycles. The standard InChI is InChI=1S/C11H20O/c1-8(2)4-5-10-6-7-11(12)9(10)3/h8-10H,4-7H2,1-3H3. The first kappa shape index (κ1) is 9.76. The van der Waals surface area contributed by atoms with Crippen molar-refractivity contribution >= 4 is 5.78 Å². The van der Waals surface area contributed by atoms with Crippen molar-refractivity contribution in [2.75, 3.05) is 0 Å². The van der Waals surface area contributed by atoms with Crippen LogP contribution in [0, 0.1) is 17.8 Å². The molecule has 0 aromatic rings. The van der Waals surface area contributed by atoms with Crippen LogP contribution >= 0.6 is 0 Å². The van der Waals surface area contributed by atoms with E-state index in [1.165, 1.54) is 12.8 Å². The van der Waals surface area contributed by atoms with Crippen molar-refractivity contribution in [3.05, 3.63) is 0 Å². The Balaban J connectivity index is 2.29. The highest BCUT2D eigenvalue weighted by atomic mass is 16.1. The summed E-state index contributed by atoms with van der Waals surface area (Å²) in [5.74, 6) is 2.32. The highest BCUT2D eigenvalue weighted by molar-refractivity contribution is 5.82. The molecule has 1 fully saturated rings. The molecule has 0 aromatic carbocycles. The summed E-state index contributed by atoms with van der Waals surface area (Å²) in [7, 11) is 0. The molecule has 2 atom stereocenters. The monoisotopic (exact) mass is 168 g/mol.